The largest absolute Gasteiger partial charge is 0.329 e. The Morgan fingerprint density at radius 1 is 1.21 bits per heavy atom. The maximum atomic E-state index is 6.25. The van der Waals surface area contributed by atoms with E-state index in [0.29, 0.717) is 5.54 Å². The van der Waals surface area contributed by atoms with Crippen molar-refractivity contribution in [3.05, 3.63) is 0 Å². The van der Waals surface area contributed by atoms with E-state index < -0.39 is 0 Å². The molecule has 1 fully saturated rings. The molecule has 1 aliphatic rings. The molecule has 0 spiro atoms. The number of nitrogens with zero attached hydrogens (tertiary/aromatic N) is 1. The lowest BCUT2D eigenvalue weighted by atomic mass is 9.73. The van der Waals surface area contributed by atoms with E-state index in [1.807, 2.05) is 0 Å². The lowest BCUT2D eigenvalue weighted by Crippen LogP contribution is -2.57. The molecule has 2 N–H and O–H groups in total. The third-order valence-electron chi connectivity index (χ3n) is 5.57. The van der Waals surface area contributed by atoms with Crippen LogP contribution in [-0.4, -0.2) is 30.1 Å². The normalized spacial score (nSPS) is 28.3. The van der Waals surface area contributed by atoms with Crippen molar-refractivity contribution in [3.63, 3.8) is 0 Å². The molecular weight excluding hydrogens is 232 g/mol. The summed E-state index contributed by atoms with van der Waals surface area (Å²) < 4.78 is 0. The summed E-state index contributed by atoms with van der Waals surface area (Å²) in [6.45, 7) is 12.6. The van der Waals surface area contributed by atoms with E-state index in [4.69, 9.17) is 5.73 Å². The van der Waals surface area contributed by atoms with Crippen LogP contribution in [0.5, 0.6) is 0 Å². The molecule has 0 aromatic rings. The second kappa shape index (κ2) is 8.26. The molecule has 19 heavy (non-hydrogen) atoms. The van der Waals surface area contributed by atoms with Crippen LogP contribution >= 0.6 is 0 Å². The Hall–Kier alpha value is -0.0800. The van der Waals surface area contributed by atoms with Crippen molar-refractivity contribution >= 4 is 0 Å². The summed E-state index contributed by atoms with van der Waals surface area (Å²) in [5, 5.41) is 0. The molecule has 114 valence electrons. The highest BCUT2D eigenvalue weighted by Gasteiger charge is 2.39. The summed E-state index contributed by atoms with van der Waals surface area (Å²) in [7, 11) is 0. The minimum atomic E-state index is 0.302. The fourth-order valence-electron chi connectivity index (χ4n) is 3.93. The number of rotatable bonds is 8. The third-order valence-corrected chi connectivity index (χ3v) is 5.57. The Bertz CT molecular complexity index is 237. The van der Waals surface area contributed by atoms with Crippen molar-refractivity contribution in [2.45, 2.75) is 78.2 Å². The molecule has 0 aromatic carbocycles. The van der Waals surface area contributed by atoms with Crippen LogP contribution in [0.25, 0.3) is 0 Å². The Labute approximate surface area is 121 Å². The van der Waals surface area contributed by atoms with Gasteiger partial charge in [0.1, 0.15) is 0 Å². The van der Waals surface area contributed by atoms with E-state index in [-0.39, 0.29) is 0 Å². The Morgan fingerprint density at radius 2 is 1.89 bits per heavy atom. The highest BCUT2D eigenvalue weighted by Crippen LogP contribution is 2.38. The van der Waals surface area contributed by atoms with Crippen molar-refractivity contribution in [2.24, 2.45) is 17.6 Å². The minimum Gasteiger partial charge on any atom is -0.329 e. The fourth-order valence-corrected chi connectivity index (χ4v) is 3.93. The van der Waals surface area contributed by atoms with Gasteiger partial charge in [0, 0.05) is 18.6 Å². The van der Waals surface area contributed by atoms with Gasteiger partial charge in [0.05, 0.1) is 0 Å². The lowest BCUT2D eigenvalue weighted by Gasteiger charge is -2.49. The van der Waals surface area contributed by atoms with Gasteiger partial charge in [-0.25, -0.2) is 0 Å². The molecule has 0 aliphatic heterocycles. The van der Waals surface area contributed by atoms with Gasteiger partial charge >= 0.3 is 0 Å². The average molecular weight is 268 g/mol. The lowest BCUT2D eigenvalue weighted by molar-refractivity contribution is 0.0257. The van der Waals surface area contributed by atoms with Crippen LogP contribution in [0, 0.1) is 11.8 Å². The highest BCUT2D eigenvalue weighted by atomic mass is 15.2. The minimum absolute atomic E-state index is 0.302. The maximum Gasteiger partial charge on any atom is 0.0334 e. The topological polar surface area (TPSA) is 29.3 Å². The van der Waals surface area contributed by atoms with E-state index in [0.717, 1.165) is 24.9 Å². The van der Waals surface area contributed by atoms with Gasteiger partial charge in [-0.3, -0.25) is 4.90 Å². The summed E-state index contributed by atoms with van der Waals surface area (Å²) in [6.07, 6.45) is 9.35. The molecule has 1 rings (SSSR count). The SMILES string of the molecule is CCC(CC)CN(CC)C1(CN)CCCC(CC)C1. The van der Waals surface area contributed by atoms with Gasteiger partial charge in [-0.05, 0) is 31.2 Å². The molecule has 0 amide bonds. The smallest absolute Gasteiger partial charge is 0.0334 e. The van der Waals surface area contributed by atoms with Crippen LogP contribution in [-0.2, 0) is 0 Å². The molecular formula is C17H36N2. The molecule has 1 aliphatic carbocycles. The predicted octanol–water partition coefficient (Wildman–Crippen LogP) is 4.04. The third kappa shape index (κ3) is 4.19. The van der Waals surface area contributed by atoms with Crippen molar-refractivity contribution in [3.8, 4) is 0 Å². The van der Waals surface area contributed by atoms with Gasteiger partial charge in [-0.1, -0.05) is 59.8 Å². The van der Waals surface area contributed by atoms with Crippen molar-refractivity contribution < 1.29 is 0 Å². The van der Waals surface area contributed by atoms with Gasteiger partial charge in [0.15, 0.2) is 0 Å². The molecule has 2 atom stereocenters. The van der Waals surface area contributed by atoms with E-state index in [1.54, 1.807) is 0 Å². The molecule has 0 saturated heterocycles. The van der Waals surface area contributed by atoms with Gasteiger partial charge < -0.3 is 5.73 Å². The second-order valence-corrected chi connectivity index (χ2v) is 6.52. The van der Waals surface area contributed by atoms with E-state index in [2.05, 4.69) is 32.6 Å². The first-order chi connectivity index (χ1) is 9.15. The quantitative estimate of drug-likeness (QED) is 0.720. The second-order valence-electron chi connectivity index (χ2n) is 6.52. The zero-order chi connectivity index (χ0) is 14.3. The summed E-state index contributed by atoms with van der Waals surface area (Å²) in [5.41, 5.74) is 6.55. The van der Waals surface area contributed by atoms with Gasteiger partial charge in [-0.2, -0.15) is 0 Å². The van der Waals surface area contributed by atoms with Gasteiger partial charge in [0.2, 0.25) is 0 Å². The van der Waals surface area contributed by atoms with Crippen LogP contribution in [0.3, 0.4) is 0 Å². The first kappa shape index (κ1) is 17.0. The number of hydrogen-bond donors (Lipinski definition) is 1. The maximum absolute atomic E-state index is 6.25. The standard InChI is InChI=1S/C17H36N2/c1-5-15(6-2)13-19(8-4)17(14-18)11-9-10-16(7-3)12-17/h15-16H,5-14,18H2,1-4H3. The van der Waals surface area contributed by atoms with Crippen molar-refractivity contribution in [1.29, 1.82) is 0 Å². The predicted molar refractivity (Wildman–Crippen MR) is 85.4 cm³/mol. The van der Waals surface area contributed by atoms with Gasteiger partial charge in [0.25, 0.3) is 0 Å². The Balaban J connectivity index is 2.78. The molecule has 0 heterocycles. The molecule has 0 radical (unpaired) electrons. The molecule has 2 heteroatoms. The first-order valence-electron chi connectivity index (χ1n) is 8.60. The summed E-state index contributed by atoms with van der Waals surface area (Å²) >= 11 is 0. The molecule has 1 saturated carbocycles. The molecule has 0 aromatic heterocycles. The Morgan fingerprint density at radius 3 is 2.37 bits per heavy atom. The van der Waals surface area contributed by atoms with Crippen molar-refractivity contribution in [2.75, 3.05) is 19.6 Å². The number of likely N-dealkylation sites (N-methyl/N-ethyl adjacent to an activating group) is 1. The van der Waals surface area contributed by atoms with E-state index in [1.165, 1.54) is 51.5 Å². The van der Waals surface area contributed by atoms with Crippen LogP contribution in [0.1, 0.15) is 72.6 Å². The number of nitrogens with two attached hydrogens (primary N) is 1. The van der Waals surface area contributed by atoms with Gasteiger partial charge in [-0.15, -0.1) is 0 Å². The van der Waals surface area contributed by atoms with Crippen LogP contribution in [0.2, 0.25) is 0 Å². The first-order valence-corrected chi connectivity index (χ1v) is 8.60. The zero-order valence-electron chi connectivity index (χ0n) is 13.8. The monoisotopic (exact) mass is 268 g/mol. The molecule has 2 unspecified atom stereocenters. The van der Waals surface area contributed by atoms with E-state index in [9.17, 15) is 0 Å². The summed E-state index contributed by atoms with van der Waals surface area (Å²) in [4.78, 5) is 2.73. The van der Waals surface area contributed by atoms with E-state index >= 15 is 0 Å². The molecule has 2 nitrogen and oxygen atoms in total. The zero-order valence-corrected chi connectivity index (χ0v) is 13.8. The number of hydrogen-bond acceptors (Lipinski definition) is 2. The summed E-state index contributed by atoms with van der Waals surface area (Å²) in [5.74, 6) is 1.73. The van der Waals surface area contributed by atoms with Crippen LogP contribution < -0.4 is 5.73 Å². The average Bonchev–Trinajstić information content (AvgIpc) is 2.48. The van der Waals surface area contributed by atoms with Crippen LogP contribution in [0.15, 0.2) is 0 Å². The Kier molecular flexibility index (Phi) is 7.38. The summed E-state index contributed by atoms with van der Waals surface area (Å²) in [6, 6.07) is 0. The fraction of sp³-hybridized carbons (Fsp3) is 1.00. The van der Waals surface area contributed by atoms with Crippen LogP contribution in [0.4, 0.5) is 0 Å². The molecule has 0 bridgehead atoms. The highest BCUT2D eigenvalue weighted by molar-refractivity contribution is 4.96. The van der Waals surface area contributed by atoms with Crippen molar-refractivity contribution in [1.82, 2.24) is 4.90 Å².